The van der Waals surface area contributed by atoms with Crippen LogP contribution in [0.25, 0.3) is 0 Å². The Morgan fingerprint density at radius 2 is 2.25 bits per heavy atom. The van der Waals surface area contributed by atoms with E-state index in [9.17, 15) is 0 Å². The molecule has 1 N–H and O–H groups in total. The SMILES string of the molecule is CC(CO)C1OC1C. The molecule has 8 heavy (non-hydrogen) atoms. The molecule has 2 heteroatoms. The normalized spacial score (nSPS) is 39.4. The first kappa shape index (κ1) is 6.05. The molecule has 1 fully saturated rings. The maximum absolute atomic E-state index is 8.58. The molecule has 0 aromatic rings. The third-order valence-corrected chi connectivity index (χ3v) is 1.61. The highest BCUT2D eigenvalue weighted by Gasteiger charge is 2.38. The van der Waals surface area contributed by atoms with E-state index in [2.05, 4.69) is 0 Å². The van der Waals surface area contributed by atoms with Gasteiger partial charge < -0.3 is 9.84 Å². The summed E-state index contributed by atoms with van der Waals surface area (Å²) in [6.45, 7) is 4.26. The van der Waals surface area contributed by atoms with Crippen LogP contribution in [0.1, 0.15) is 13.8 Å². The molecule has 1 aliphatic rings. The fraction of sp³-hybridized carbons (Fsp3) is 1.00. The van der Waals surface area contributed by atoms with Crippen molar-refractivity contribution in [2.45, 2.75) is 26.1 Å². The van der Waals surface area contributed by atoms with Gasteiger partial charge in [-0.25, -0.2) is 0 Å². The number of hydrogen-bond donors (Lipinski definition) is 1. The summed E-state index contributed by atoms with van der Waals surface area (Å²) < 4.78 is 5.11. The molecule has 3 unspecified atom stereocenters. The van der Waals surface area contributed by atoms with E-state index in [1.54, 1.807) is 0 Å². The summed E-state index contributed by atoms with van der Waals surface area (Å²) in [5, 5.41) is 8.58. The van der Waals surface area contributed by atoms with E-state index < -0.39 is 0 Å². The Labute approximate surface area is 49.5 Å². The summed E-state index contributed by atoms with van der Waals surface area (Å²) in [4.78, 5) is 0. The molecule has 1 aliphatic heterocycles. The molecule has 0 aromatic carbocycles. The predicted molar refractivity (Wildman–Crippen MR) is 30.6 cm³/mol. The van der Waals surface area contributed by atoms with Crippen LogP contribution in [-0.4, -0.2) is 23.9 Å². The molecular weight excluding hydrogens is 104 g/mol. The van der Waals surface area contributed by atoms with Crippen LogP contribution in [-0.2, 0) is 4.74 Å². The number of hydrogen-bond acceptors (Lipinski definition) is 2. The van der Waals surface area contributed by atoms with Gasteiger partial charge in [-0.2, -0.15) is 0 Å². The number of epoxide rings is 1. The molecule has 1 rings (SSSR count). The maximum Gasteiger partial charge on any atom is 0.0886 e. The van der Waals surface area contributed by atoms with Crippen LogP contribution in [0.5, 0.6) is 0 Å². The molecule has 1 heterocycles. The lowest BCUT2D eigenvalue weighted by Gasteiger charge is -1.99. The highest BCUT2D eigenvalue weighted by atomic mass is 16.6. The van der Waals surface area contributed by atoms with Crippen molar-refractivity contribution in [3.8, 4) is 0 Å². The highest BCUT2D eigenvalue weighted by molar-refractivity contribution is 4.84. The lowest BCUT2D eigenvalue weighted by atomic mass is 10.1. The topological polar surface area (TPSA) is 32.8 Å². The van der Waals surface area contributed by atoms with Crippen molar-refractivity contribution < 1.29 is 9.84 Å². The molecule has 0 amide bonds. The Morgan fingerprint density at radius 3 is 2.38 bits per heavy atom. The fourth-order valence-electron chi connectivity index (χ4n) is 0.903. The third-order valence-electron chi connectivity index (χ3n) is 1.61. The zero-order valence-corrected chi connectivity index (χ0v) is 5.29. The average Bonchev–Trinajstić information content (AvgIpc) is 2.45. The maximum atomic E-state index is 8.58. The molecule has 0 aliphatic carbocycles. The van der Waals surface area contributed by atoms with Gasteiger partial charge in [-0.15, -0.1) is 0 Å². The number of rotatable bonds is 2. The van der Waals surface area contributed by atoms with Gasteiger partial charge in [0, 0.05) is 12.5 Å². The van der Waals surface area contributed by atoms with Gasteiger partial charge in [-0.3, -0.25) is 0 Å². The zero-order chi connectivity index (χ0) is 6.15. The minimum Gasteiger partial charge on any atom is -0.396 e. The lowest BCUT2D eigenvalue weighted by molar-refractivity contribution is 0.204. The Morgan fingerprint density at radius 1 is 1.75 bits per heavy atom. The first-order valence-corrected chi connectivity index (χ1v) is 3.02. The van der Waals surface area contributed by atoms with E-state index in [1.807, 2.05) is 13.8 Å². The van der Waals surface area contributed by atoms with E-state index in [4.69, 9.17) is 9.84 Å². The van der Waals surface area contributed by atoms with Gasteiger partial charge in [0.2, 0.25) is 0 Å². The van der Waals surface area contributed by atoms with Crippen LogP contribution in [0, 0.1) is 5.92 Å². The second-order valence-electron chi connectivity index (χ2n) is 2.47. The zero-order valence-electron chi connectivity index (χ0n) is 5.29. The molecule has 0 aromatic heterocycles. The van der Waals surface area contributed by atoms with Gasteiger partial charge in [-0.1, -0.05) is 6.92 Å². The van der Waals surface area contributed by atoms with E-state index in [0.29, 0.717) is 18.1 Å². The molecule has 0 saturated carbocycles. The monoisotopic (exact) mass is 116 g/mol. The molecular formula is C6H12O2. The summed E-state index contributed by atoms with van der Waals surface area (Å²) in [7, 11) is 0. The van der Waals surface area contributed by atoms with Crippen molar-refractivity contribution in [2.75, 3.05) is 6.61 Å². The first-order chi connectivity index (χ1) is 3.75. The predicted octanol–water partition coefficient (Wildman–Crippen LogP) is 0.402. The van der Waals surface area contributed by atoms with Crippen molar-refractivity contribution in [1.82, 2.24) is 0 Å². The van der Waals surface area contributed by atoms with Crippen molar-refractivity contribution in [2.24, 2.45) is 5.92 Å². The summed E-state index contributed by atoms with van der Waals surface area (Å²) >= 11 is 0. The summed E-state index contributed by atoms with van der Waals surface area (Å²) in [5.41, 5.74) is 0. The number of ether oxygens (including phenoxy) is 1. The highest BCUT2D eigenvalue weighted by Crippen LogP contribution is 2.27. The number of aliphatic hydroxyl groups excluding tert-OH is 1. The molecule has 3 atom stereocenters. The van der Waals surface area contributed by atoms with Gasteiger partial charge in [0.25, 0.3) is 0 Å². The summed E-state index contributed by atoms with van der Waals surface area (Å²) in [6.07, 6.45) is 0.720. The third kappa shape index (κ3) is 1.01. The molecule has 0 spiro atoms. The van der Waals surface area contributed by atoms with Crippen molar-refractivity contribution in [1.29, 1.82) is 0 Å². The van der Waals surface area contributed by atoms with Crippen LogP contribution in [0.4, 0.5) is 0 Å². The Bertz CT molecular complexity index is 80.6. The minimum absolute atomic E-state index is 0.245. The van der Waals surface area contributed by atoms with Crippen molar-refractivity contribution in [3.05, 3.63) is 0 Å². The molecule has 0 radical (unpaired) electrons. The van der Waals surface area contributed by atoms with Gasteiger partial charge in [0.1, 0.15) is 0 Å². The van der Waals surface area contributed by atoms with Crippen LogP contribution < -0.4 is 0 Å². The molecule has 2 nitrogen and oxygen atoms in total. The minimum atomic E-state index is 0.245. The Kier molecular flexibility index (Phi) is 1.54. The van der Waals surface area contributed by atoms with E-state index in [1.165, 1.54) is 0 Å². The van der Waals surface area contributed by atoms with E-state index in [0.717, 1.165) is 0 Å². The van der Waals surface area contributed by atoms with Crippen LogP contribution in [0.15, 0.2) is 0 Å². The van der Waals surface area contributed by atoms with Gasteiger partial charge in [-0.05, 0) is 6.92 Å². The van der Waals surface area contributed by atoms with E-state index >= 15 is 0 Å². The standard InChI is InChI=1S/C6H12O2/c1-4(3-7)6-5(2)8-6/h4-7H,3H2,1-2H3. The van der Waals surface area contributed by atoms with Crippen LogP contribution in [0.3, 0.4) is 0 Å². The average molecular weight is 116 g/mol. The van der Waals surface area contributed by atoms with Gasteiger partial charge in [0.15, 0.2) is 0 Å². The quantitative estimate of drug-likeness (QED) is 0.530. The molecule has 1 saturated heterocycles. The molecule has 0 bridgehead atoms. The van der Waals surface area contributed by atoms with Crippen molar-refractivity contribution >= 4 is 0 Å². The Hall–Kier alpha value is -0.0800. The second kappa shape index (κ2) is 2.03. The summed E-state index contributed by atoms with van der Waals surface area (Å²) in [6, 6.07) is 0. The molecule has 48 valence electrons. The van der Waals surface area contributed by atoms with Crippen LogP contribution >= 0.6 is 0 Å². The smallest absolute Gasteiger partial charge is 0.0886 e. The lowest BCUT2D eigenvalue weighted by Crippen LogP contribution is -2.09. The second-order valence-corrected chi connectivity index (χ2v) is 2.47. The van der Waals surface area contributed by atoms with Gasteiger partial charge >= 0.3 is 0 Å². The van der Waals surface area contributed by atoms with E-state index in [-0.39, 0.29) is 6.61 Å². The summed E-state index contributed by atoms with van der Waals surface area (Å²) in [5.74, 6) is 0.324. The van der Waals surface area contributed by atoms with Crippen molar-refractivity contribution in [3.63, 3.8) is 0 Å². The largest absolute Gasteiger partial charge is 0.396 e. The fourth-order valence-corrected chi connectivity index (χ4v) is 0.903. The first-order valence-electron chi connectivity index (χ1n) is 3.02. The Balaban J connectivity index is 2.18. The number of aliphatic hydroxyl groups is 1. The van der Waals surface area contributed by atoms with Gasteiger partial charge in [0.05, 0.1) is 12.2 Å². The van der Waals surface area contributed by atoms with Crippen LogP contribution in [0.2, 0.25) is 0 Å².